The van der Waals surface area contributed by atoms with Crippen LogP contribution in [0.1, 0.15) is 18.1 Å². The average molecular weight is 443 g/mol. The Labute approximate surface area is 193 Å². The molecule has 3 aromatic rings. The van der Waals surface area contributed by atoms with Crippen molar-refractivity contribution >= 4 is 29.2 Å². The first-order valence-electron chi connectivity index (χ1n) is 10.5. The van der Waals surface area contributed by atoms with Crippen molar-refractivity contribution in [1.29, 1.82) is 0 Å². The molecule has 0 heterocycles. The largest absolute Gasteiger partial charge is 0.462 e. The van der Waals surface area contributed by atoms with E-state index in [4.69, 9.17) is 4.74 Å². The molecule has 33 heavy (non-hydrogen) atoms. The minimum absolute atomic E-state index is 0.0814. The first-order chi connectivity index (χ1) is 16.0. The van der Waals surface area contributed by atoms with Gasteiger partial charge in [0.05, 0.1) is 5.69 Å². The summed E-state index contributed by atoms with van der Waals surface area (Å²) >= 11 is 0. The van der Waals surface area contributed by atoms with Crippen molar-refractivity contribution in [2.75, 3.05) is 18.6 Å². The molecule has 3 rings (SSSR count). The van der Waals surface area contributed by atoms with Crippen molar-refractivity contribution in [2.24, 2.45) is 0 Å². The van der Waals surface area contributed by atoms with Gasteiger partial charge in [0.15, 0.2) is 0 Å². The van der Waals surface area contributed by atoms with Gasteiger partial charge >= 0.3 is 12.0 Å². The van der Waals surface area contributed by atoms with E-state index < -0.39 is 17.9 Å². The second-order valence-corrected chi connectivity index (χ2v) is 7.39. The first kappa shape index (κ1) is 23.5. The highest BCUT2D eigenvalue weighted by Gasteiger charge is 2.29. The van der Waals surface area contributed by atoms with Gasteiger partial charge in [0, 0.05) is 26.1 Å². The zero-order valence-electron chi connectivity index (χ0n) is 18.7. The summed E-state index contributed by atoms with van der Waals surface area (Å²) < 4.78 is 5.04. The number of hydrogen-bond acceptors (Lipinski definition) is 4. The lowest BCUT2D eigenvalue weighted by Gasteiger charge is -2.28. The molecule has 0 aliphatic rings. The Balaban J connectivity index is 1.98. The zero-order chi connectivity index (χ0) is 23.6. The van der Waals surface area contributed by atoms with Crippen LogP contribution in [0.25, 0.3) is 5.57 Å². The number of rotatable bonds is 7. The molecule has 6 nitrogen and oxygen atoms in total. The van der Waals surface area contributed by atoms with Gasteiger partial charge in [-0.1, -0.05) is 78.9 Å². The van der Waals surface area contributed by atoms with E-state index in [-0.39, 0.29) is 12.2 Å². The smallest absolute Gasteiger partial charge is 0.331 e. The number of anilines is 1. The lowest BCUT2D eigenvalue weighted by molar-refractivity contribution is -0.139. The molecule has 0 saturated heterocycles. The first-order valence-corrected chi connectivity index (χ1v) is 10.5. The minimum Gasteiger partial charge on any atom is -0.462 e. The molecule has 0 unspecified atom stereocenters. The molecule has 3 amide bonds. The second kappa shape index (κ2) is 11.4. The number of urea groups is 1. The molecule has 3 aromatic carbocycles. The fourth-order valence-corrected chi connectivity index (χ4v) is 3.30. The molecule has 0 saturated carbocycles. The van der Waals surface area contributed by atoms with Crippen LogP contribution in [-0.4, -0.2) is 36.5 Å². The van der Waals surface area contributed by atoms with Crippen molar-refractivity contribution in [2.45, 2.75) is 13.5 Å². The summed E-state index contributed by atoms with van der Waals surface area (Å²) in [6, 6.07) is 26.9. The number of carbonyl (C=O) groups is 3. The summed E-state index contributed by atoms with van der Waals surface area (Å²) in [4.78, 5) is 41.2. The number of esters is 1. The molecule has 6 heteroatoms. The molecule has 0 spiro atoms. The maximum Gasteiger partial charge on any atom is 0.331 e. The highest BCUT2D eigenvalue weighted by atomic mass is 16.5. The third kappa shape index (κ3) is 6.40. The van der Waals surface area contributed by atoms with Crippen LogP contribution in [0.4, 0.5) is 10.5 Å². The SMILES string of the molecule is CC(=O)OC/C=C(\C(=O)N(C(=O)N(C)Cc1ccccc1)c1ccccc1)c1ccccc1. The normalized spacial score (nSPS) is 10.9. The van der Waals surface area contributed by atoms with Gasteiger partial charge in [-0.15, -0.1) is 0 Å². The summed E-state index contributed by atoms with van der Waals surface area (Å²) in [5.41, 5.74) is 2.28. The Morgan fingerprint density at radius 1 is 0.818 bits per heavy atom. The van der Waals surface area contributed by atoms with Gasteiger partial charge < -0.3 is 9.64 Å². The summed E-state index contributed by atoms with van der Waals surface area (Å²) in [5.74, 6) is -0.964. The van der Waals surface area contributed by atoms with E-state index in [0.717, 1.165) is 10.5 Å². The monoisotopic (exact) mass is 442 g/mol. The standard InChI is InChI=1S/C27H26N2O4/c1-21(30)33-19-18-25(23-14-8-4-9-15-23)26(31)29(24-16-10-5-11-17-24)27(32)28(2)20-22-12-6-3-7-13-22/h3-18H,19-20H2,1-2H3/b25-18-. The fraction of sp³-hybridized carbons (Fsp3) is 0.148. The van der Waals surface area contributed by atoms with E-state index in [1.54, 1.807) is 55.6 Å². The number of hydrogen-bond donors (Lipinski definition) is 0. The van der Waals surface area contributed by atoms with Crippen molar-refractivity contribution < 1.29 is 19.1 Å². The topological polar surface area (TPSA) is 66.9 Å². The van der Waals surface area contributed by atoms with Gasteiger partial charge in [0.2, 0.25) is 0 Å². The lowest BCUT2D eigenvalue weighted by atomic mass is 10.0. The molecule has 0 aliphatic heterocycles. The molecule has 0 bridgehead atoms. The molecule has 0 aliphatic carbocycles. The Morgan fingerprint density at radius 2 is 1.36 bits per heavy atom. The average Bonchev–Trinajstić information content (AvgIpc) is 2.83. The molecular weight excluding hydrogens is 416 g/mol. The molecule has 0 N–H and O–H groups in total. The highest BCUT2D eigenvalue weighted by molar-refractivity contribution is 6.33. The van der Waals surface area contributed by atoms with Gasteiger partial charge in [-0.2, -0.15) is 0 Å². The van der Waals surface area contributed by atoms with Gasteiger partial charge in [0.1, 0.15) is 6.61 Å². The van der Waals surface area contributed by atoms with Gasteiger partial charge in [-0.3, -0.25) is 9.59 Å². The Bertz CT molecular complexity index is 1110. The number of ether oxygens (including phenoxy) is 1. The van der Waals surface area contributed by atoms with Crippen LogP contribution in [0.5, 0.6) is 0 Å². The van der Waals surface area contributed by atoms with E-state index in [0.29, 0.717) is 17.8 Å². The molecule has 0 aromatic heterocycles. The molecule has 0 atom stereocenters. The molecule has 168 valence electrons. The van der Waals surface area contributed by atoms with Gasteiger partial charge in [-0.25, -0.2) is 9.69 Å². The van der Waals surface area contributed by atoms with Crippen LogP contribution in [0.15, 0.2) is 97.1 Å². The lowest BCUT2D eigenvalue weighted by Crippen LogP contribution is -2.45. The van der Waals surface area contributed by atoms with Gasteiger partial charge in [0.25, 0.3) is 5.91 Å². The summed E-state index contributed by atoms with van der Waals surface area (Å²) in [6.07, 6.45) is 1.53. The van der Waals surface area contributed by atoms with E-state index in [2.05, 4.69) is 0 Å². The summed E-state index contributed by atoms with van der Waals surface area (Å²) in [6.45, 7) is 1.56. The maximum absolute atomic E-state index is 13.8. The summed E-state index contributed by atoms with van der Waals surface area (Å²) in [5, 5.41) is 0. The third-order valence-corrected chi connectivity index (χ3v) is 4.89. The maximum atomic E-state index is 13.8. The van der Waals surface area contributed by atoms with E-state index >= 15 is 0 Å². The predicted octanol–water partition coefficient (Wildman–Crippen LogP) is 4.92. The Kier molecular flexibility index (Phi) is 8.13. The highest BCUT2D eigenvalue weighted by Crippen LogP contribution is 2.24. The third-order valence-electron chi connectivity index (χ3n) is 4.89. The zero-order valence-corrected chi connectivity index (χ0v) is 18.7. The Hall–Kier alpha value is -4.19. The number of benzene rings is 3. The second-order valence-electron chi connectivity index (χ2n) is 7.39. The van der Waals surface area contributed by atoms with E-state index in [1.165, 1.54) is 17.9 Å². The van der Waals surface area contributed by atoms with Crippen molar-refractivity contribution in [3.63, 3.8) is 0 Å². The number of para-hydroxylation sites is 1. The van der Waals surface area contributed by atoms with Crippen LogP contribution in [0, 0.1) is 0 Å². The molecule has 0 radical (unpaired) electrons. The quantitative estimate of drug-likeness (QED) is 0.385. The number of imide groups is 1. The van der Waals surface area contributed by atoms with E-state index in [1.807, 2.05) is 42.5 Å². The molecular formula is C27H26N2O4. The van der Waals surface area contributed by atoms with Crippen LogP contribution < -0.4 is 4.90 Å². The van der Waals surface area contributed by atoms with Crippen molar-refractivity contribution in [3.8, 4) is 0 Å². The van der Waals surface area contributed by atoms with E-state index in [9.17, 15) is 14.4 Å². The van der Waals surface area contributed by atoms with Crippen LogP contribution in [0.2, 0.25) is 0 Å². The van der Waals surface area contributed by atoms with Crippen LogP contribution >= 0.6 is 0 Å². The number of amides is 3. The molecule has 0 fully saturated rings. The Morgan fingerprint density at radius 3 is 1.94 bits per heavy atom. The van der Waals surface area contributed by atoms with Gasteiger partial charge in [-0.05, 0) is 29.3 Å². The predicted molar refractivity (Wildman–Crippen MR) is 128 cm³/mol. The van der Waals surface area contributed by atoms with Crippen molar-refractivity contribution in [1.82, 2.24) is 4.90 Å². The number of carbonyl (C=O) groups excluding carboxylic acids is 3. The van der Waals surface area contributed by atoms with Crippen molar-refractivity contribution in [3.05, 3.63) is 108 Å². The van der Waals surface area contributed by atoms with Crippen LogP contribution in [-0.2, 0) is 20.9 Å². The minimum atomic E-state index is -0.510. The summed E-state index contributed by atoms with van der Waals surface area (Å²) in [7, 11) is 1.66. The van der Waals surface area contributed by atoms with Crippen LogP contribution in [0.3, 0.4) is 0 Å². The number of nitrogens with zero attached hydrogens (tertiary/aromatic N) is 2. The fourth-order valence-electron chi connectivity index (χ4n) is 3.30.